The van der Waals surface area contributed by atoms with Crippen molar-refractivity contribution < 1.29 is 28.7 Å². The van der Waals surface area contributed by atoms with E-state index in [0.29, 0.717) is 10.0 Å². The number of halogens is 3. The Morgan fingerprint density at radius 1 is 1.00 bits per heavy atom. The number of nitrogens with one attached hydrogen (secondary N) is 1. The summed E-state index contributed by atoms with van der Waals surface area (Å²) in [5.74, 6) is -1.37. The number of esters is 2. The van der Waals surface area contributed by atoms with Gasteiger partial charge < -0.3 is 14.7 Å². The number of thioether (sulfide) groups is 1. The second-order valence-electron chi connectivity index (χ2n) is 6.15. The van der Waals surface area contributed by atoms with Crippen LogP contribution in [0.25, 0.3) is 0 Å². The average Bonchev–Trinajstić information content (AvgIpc) is 3.02. The second kappa shape index (κ2) is 9.77. The van der Waals surface area contributed by atoms with Crippen LogP contribution in [0.5, 0.6) is 0 Å². The van der Waals surface area contributed by atoms with E-state index >= 15 is 0 Å². The molecule has 0 saturated carbocycles. The normalized spacial score (nSPS) is 23.6. The predicted octanol–water partition coefficient (Wildman–Crippen LogP) is 4.13. The van der Waals surface area contributed by atoms with Crippen molar-refractivity contribution in [2.75, 3.05) is 6.61 Å². The molecule has 29 heavy (non-hydrogen) atoms. The van der Waals surface area contributed by atoms with Crippen molar-refractivity contribution in [3.05, 3.63) is 69.7 Å². The van der Waals surface area contributed by atoms with Crippen molar-refractivity contribution in [2.45, 2.75) is 22.9 Å². The van der Waals surface area contributed by atoms with E-state index in [-0.39, 0.29) is 17.7 Å². The summed E-state index contributed by atoms with van der Waals surface area (Å²) in [7, 11) is 0. The molecule has 0 amide bonds. The number of rotatable bonds is 6. The Bertz CT molecular complexity index is 868. The summed E-state index contributed by atoms with van der Waals surface area (Å²) in [6.07, 6.45) is -2.94. The Kier molecular flexibility index (Phi) is 7.37. The summed E-state index contributed by atoms with van der Waals surface area (Å²) in [6.45, 7) is -0.219. The molecule has 0 aliphatic carbocycles. The Morgan fingerprint density at radius 3 is 2.03 bits per heavy atom. The van der Waals surface area contributed by atoms with Gasteiger partial charge in [0.15, 0.2) is 12.3 Å². The van der Waals surface area contributed by atoms with E-state index in [1.165, 1.54) is 36.4 Å². The molecular formula is C19H16Cl2FNO5S. The van der Waals surface area contributed by atoms with Crippen LogP contribution in [0.15, 0.2) is 48.5 Å². The van der Waals surface area contributed by atoms with Crippen molar-refractivity contribution >= 4 is 46.9 Å². The highest BCUT2D eigenvalue weighted by Crippen LogP contribution is 2.37. The number of carbonyl (C=O) groups excluding carboxylic acids is 2. The maximum absolute atomic E-state index is 14.6. The lowest BCUT2D eigenvalue weighted by Gasteiger charge is -2.20. The molecule has 154 valence electrons. The molecule has 1 aliphatic rings. The number of alkyl halides is 1. The minimum Gasteiger partial charge on any atom is -0.461 e. The summed E-state index contributed by atoms with van der Waals surface area (Å²) < 4.78 is 25.2. The highest BCUT2D eigenvalue weighted by atomic mass is 35.5. The van der Waals surface area contributed by atoms with Crippen LogP contribution in [0.3, 0.4) is 0 Å². The van der Waals surface area contributed by atoms with E-state index in [4.69, 9.17) is 37.9 Å². The molecular weight excluding hydrogens is 444 g/mol. The molecule has 0 bridgehead atoms. The van der Waals surface area contributed by atoms with E-state index in [9.17, 15) is 14.0 Å². The smallest absolute Gasteiger partial charge is 0.338 e. The molecule has 2 N–H and O–H groups in total. The van der Waals surface area contributed by atoms with Crippen LogP contribution in [0.4, 0.5) is 4.39 Å². The first-order valence-corrected chi connectivity index (χ1v) is 10.2. The summed E-state index contributed by atoms with van der Waals surface area (Å²) in [5.41, 5.74) is 2.32. The lowest BCUT2D eigenvalue weighted by molar-refractivity contribution is -0.00674. The van der Waals surface area contributed by atoms with Crippen molar-refractivity contribution in [3.63, 3.8) is 0 Å². The largest absolute Gasteiger partial charge is 0.461 e. The van der Waals surface area contributed by atoms with Gasteiger partial charge >= 0.3 is 11.9 Å². The zero-order valence-corrected chi connectivity index (χ0v) is 17.1. The van der Waals surface area contributed by atoms with Gasteiger partial charge in [-0.05, 0) is 48.5 Å². The Balaban J connectivity index is 1.66. The molecule has 0 spiro atoms. The topological polar surface area (TPSA) is 84.9 Å². The van der Waals surface area contributed by atoms with Gasteiger partial charge in [-0.2, -0.15) is 5.48 Å². The number of carbonyl (C=O) groups is 2. The van der Waals surface area contributed by atoms with Gasteiger partial charge in [0.2, 0.25) is 0 Å². The third-order valence-electron chi connectivity index (χ3n) is 4.20. The number of hydrogen-bond acceptors (Lipinski definition) is 7. The first-order chi connectivity index (χ1) is 13.9. The summed E-state index contributed by atoms with van der Waals surface area (Å²) in [4.78, 5) is 24.5. The molecule has 10 heteroatoms. The molecule has 6 nitrogen and oxygen atoms in total. The van der Waals surface area contributed by atoms with Gasteiger partial charge in [0.05, 0.1) is 16.4 Å². The molecule has 4 atom stereocenters. The third-order valence-corrected chi connectivity index (χ3v) is 6.12. The zero-order chi connectivity index (χ0) is 21.0. The zero-order valence-electron chi connectivity index (χ0n) is 14.8. The van der Waals surface area contributed by atoms with E-state index in [1.807, 2.05) is 5.48 Å². The highest BCUT2D eigenvalue weighted by Gasteiger charge is 2.47. The molecule has 1 saturated heterocycles. The number of hydrogen-bond donors (Lipinski definition) is 2. The van der Waals surface area contributed by atoms with Crippen LogP contribution in [0.1, 0.15) is 20.7 Å². The monoisotopic (exact) mass is 459 g/mol. The minimum atomic E-state index is -1.71. The van der Waals surface area contributed by atoms with Crippen LogP contribution >= 0.6 is 35.0 Å². The second-order valence-corrected chi connectivity index (χ2v) is 8.41. The highest BCUT2D eigenvalue weighted by molar-refractivity contribution is 8.00. The molecule has 3 rings (SSSR count). The van der Waals surface area contributed by atoms with E-state index in [1.54, 1.807) is 12.1 Å². The fourth-order valence-electron chi connectivity index (χ4n) is 2.70. The quantitative estimate of drug-likeness (QED) is 0.495. The fourth-order valence-corrected chi connectivity index (χ4v) is 4.20. The van der Waals surface area contributed by atoms with Crippen molar-refractivity contribution in [1.29, 1.82) is 0 Å². The SMILES string of the molecule is O=C(OC[C@H]1SC(NO)[C@@H](F)[C@@H]1OC(=O)c1ccc(Cl)cc1)c1ccc(Cl)cc1. The molecule has 1 heterocycles. The molecule has 0 aromatic heterocycles. The van der Waals surface area contributed by atoms with Crippen molar-refractivity contribution in [1.82, 2.24) is 5.48 Å². The maximum Gasteiger partial charge on any atom is 0.338 e. The molecule has 2 aromatic rings. The lowest BCUT2D eigenvalue weighted by atomic mass is 10.1. The summed E-state index contributed by atoms with van der Waals surface area (Å²) in [6, 6.07) is 12.0. The Hall–Kier alpha value is -1.84. The maximum atomic E-state index is 14.6. The Morgan fingerprint density at radius 2 is 1.52 bits per heavy atom. The standard InChI is InChI=1S/C19H16Cl2FNO5S/c20-12-5-1-10(2-6-12)18(24)27-9-14-16(15(22)17(23-26)29-14)28-19(25)11-3-7-13(21)8-4-11/h1-8,14-17,23,26H,9H2/t14-,15+,16-,17?/m1/s1. The predicted molar refractivity (Wildman–Crippen MR) is 107 cm³/mol. The van der Waals surface area contributed by atoms with Crippen molar-refractivity contribution in [2.24, 2.45) is 0 Å². The van der Waals surface area contributed by atoms with Gasteiger partial charge in [0.1, 0.15) is 12.0 Å². The average molecular weight is 460 g/mol. The van der Waals surface area contributed by atoms with Gasteiger partial charge in [-0.15, -0.1) is 11.8 Å². The van der Waals surface area contributed by atoms with Crippen LogP contribution in [-0.4, -0.2) is 46.7 Å². The van der Waals surface area contributed by atoms with Crippen molar-refractivity contribution in [3.8, 4) is 0 Å². The first-order valence-electron chi connectivity index (χ1n) is 8.47. The van der Waals surface area contributed by atoms with E-state index in [0.717, 1.165) is 11.8 Å². The molecule has 2 aromatic carbocycles. The molecule has 1 aliphatic heterocycles. The summed E-state index contributed by atoms with van der Waals surface area (Å²) >= 11 is 12.6. The first kappa shape index (κ1) is 21.9. The minimum absolute atomic E-state index is 0.198. The molecule has 1 unspecified atom stereocenters. The van der Waals surface area contributed by atoms with Crippen LogP contribution in [0.2, 0.25) is 10.0 Å². The van der Waals surface area contributed by atoms with E-state index < -0.39 is 34.8 Å². The molecule has 1 fully saturated rings. The van der Waals surface area contributed by atoms with E-state index in [2.05, 4.69) is 0 Å². The fraction of sp³-hybridized carbons (Fsp3) is 0.263. The van der Waals surface area contributed by atoms with Crippen LogP contribution < -0.4 is 5.48 Å². The number of ether oxygens (including phenoxy) is 2. The van der Waals surface area contributed by atoms with Gasteiger partial charge in [0, 0.05) is 10.0 Å². The van der Waals surface area contributed by atoms with Crippen LogP contribution in [-0.2, 0) is 9.47 Å². The van der Waals surface area contributed by atoms with Crippen LogP contribution in [0, 0.1) is 0 Å². The lowest BCUT2D eigenvalue weighted by Crippen LogP contribution is -2.39. The Labute approximate surface area is 180 Å². The van der Waals surface area contributed by atoms with Gasteiger partial charge in [-0.1, -0.05) is 23.2 Å². The van der Waals surface area contributed by atoms with Gasteiger partial charge in [0.25, 0.3) is 0 Å². The van der Waals surface area contributed by atoms with Gasteiger partial charge in [-0.25, -0.2) is 14.0 Å². The third kappa shape index (κ3) is 5.40. The molecule has 0 radical (unpaired) electrons. The number of hydroxylamine groups is 1. The summed E-state index contributed by atoms with van der Waals surface area (Å²) in [5, 5.41) is 8.31. The number of benzene rings is 2. The van der Waals surface area contributed by atoms with Gasteiger partial charge in [-0.3, -0.25) is 0 Å².